The molecule has 3 aliphatic rings. The van der Waals surface area contributed by atoms with E-state index in [9.17, 15) is 18.0 Å². The number of rotatable bonds is 5. The maximum absolute atomic E-state index is 13.3. The third kappa shape index (κ3) is 5.21. The number of piperazine rings is 1. The number of carbonyl (C=O) groups excluding carboxylic acids is 2. The maximum Gasteiger partial charge on any atom is 0.326 e. The Labute approximate surface area is 203 Å². The maximum atomic E-state index is 13.3. The van der Waals surface area contributed by atoms with Gasteiger partial charge in [-0.2, -0.15) is 4.31 Å². The van der Waals surface area contributed by atoms with Crippen LogP contribution in [0.2, 0.25) is 0 Å². The molecule has 3 fully saturated rings. The summed E-state index contributed by atoms with van der Waals surface area (Å²) in [6.45, 7) is 8.47. The Morgan fingerprint density at radius 3 is 2.24 bits per heavy atom. The van der Waals surface area contributed by atoms with E-state index in [0.29, 0.717) is 44.9 Å². The van der Waals surface area contributed by atoms with Gasteiger partial charge in [0.1, 0.15) is 5.54 Å². The van der Waals surface area contributed by atoms with E-state index in [1.807, 2.05) is 35.2 Å². The first-order valence-corrected chi connectivity index (χ1v) is 13.6. The molecule has 1 aromatic carbocycles. The van der Waals surface area contributed by atoms with Crippen LogP contribution in [0.5, 0.6) is 0 Å². The van der Waals surface area contributed by atoms with Gasteiger partial charge in [0.05, 0.1) is 6.67 Å². The quantitative estimate of drug-likeness (QED) is 0.644. The number of carbonyl (C=O) groups is 2. The predicted molar refractivity (Wildman–Crippen MR) is 132 cm³/mol. The lowest BCUT2D eigenvalue weighted by atomic mass is 9.67. The summed E-state index contributed by atoms with van der Waals surface area (Å²) in [4.78, 5) is 29.3. The van der Waals surface area contributed by atoms with Crippen LogP contribution in [-0.4, -0.2) is 72.8 Å². The second kappa shape index (κ2) is 9.43. The van der Waals surface area contributed by atoms with Crippen LogP contribution in [0.25, 0.3) is 6.08 Å². The van der Waals surface area contributed by atoms with Gasteiger partial charge in [0.2, 0.25) is 10.0 Å². The van der Waals surface area contributed by atoms with Crippen LogP contribution in [0.3, 0.4) is 0 Å². The van der Waals surface area contributed by atoms with Gasteiger partial charge in [-0.3, -0.25) is 9.69 Å². The van der Waals surface area contributed by atoms with Crippen molar-refractivity contribution in [3.8, 4) is 0 Å². The highest BCUT2D eigenvalue weighted by atomic mass is 32.2. The molecule has 2 heterocycles. The average Bonchev–Trinajstić information content (AvgIpc) is 3.02. The molecule has 8 nitrogen and oxygen atoms in total. The highest BCUT2D eigenvalue weighted by Crippen LogP contribution is 2.43. The van der Waals surface area contributed by atoms with Crippen LogP contribution in [0, 0.1) is 11.3 Å². The lowest BCUT2D eigenvalue weighted by Crippen LogP contribution is -2.53. The molecule has 34 heavy (non-hydrogen) atoms. The summed E-state index contributed by atoms with van der Waals surface area (Å²) in [7, 11) is -3.53. The Kier molecular flexibility index (Phi) is 6.90. The molecule has 1 N–H and O–H groups in total. The SMILES string of the molecule is CC(C)(C)C1CCC2(CC1)NC(=O)N(CN1CCN(S(=O)(=O)/C=C/c3ccccc3)CC1)C2=O. The van der Waals surface area contributed by atoms with Gasteiger partial charge in [-0.15, -0.1) is 0 Å². The van der Waals surface area contributed by atoms with Crippen LogP contribution in [0.1, 0.15) is 52.0 Å². The normalized spacial score (nSPS) is 27.6. The molecule has 0 aromatic heterocycles. The molecule has 186 valence electrons. The van der Waals surface area contributed by atoms with Crippen molar-refractivity contribution in [1.82, 2.24) is 19.4 Å². The lowest BCUT2D eigenvalue weighted by molar-refractivity contribution is -0.134. The van der Waals surface area contributed by atoms with Gasteiger partial charge in [-0.25, -0.2) is 18.1 Å². The van der Waals surface area contributed by atoms with E-state index in [1.54, 1.807) is 6.08 Å². The largest absolute Gasteiger partial charge is 0.326 e. The van der Waals surface area contributed by atoms with Gasteiger partial charge in [-0.05, 0) is 48.7 Å². The number of nitrogens with zero attached hydrogens (tertiary/aromatic N) is 3. The summed E-state index contributed by atoms with van der Waals surface area (Å²) in [6.07, 6.45) is 4.81. The molecular weight excluding hydrogens is 452 g/mol. The van der Waals surface area contributed by atoms with Crippen molar-refractivity contribution in [3.63, 3.8) is 0 Å². The molecule has 0 radical (unpaired) electrons. The number of sulfonamides is 1. The van der Waals surface area contributed by atoms with Gasteiger partial charge in [0.25, 0.3) is 5.91 Å². The highest BCUT2D eigenvalue weighted by molar-refractivity contribution is 7.92. The number of hydrogen-bond donors (Lipinski definition) is 1. The van der Waals surface area contributed by atoms with Crippen LogP contribution < -0.4 is 5.32 Å². The number of amides is 3. The molecule has 1 saturated carbocycles. The minimum absolute atomic E-state index is 0.134. The van der Waals surface area contributed by atoms with Crippen LogP contribution in [0.15, 0.2) is 35.7 Å². The van der Waals surface area contributed by atoms with E-state index in [0.717, 1.165) is 18.4 Å². The Balaban J connectivity index is 1.31. The zero-order valence-corrected chi connectivity index (χ0v) is 21.2. The number of urea groups is 1. The van der Waals surface area contributed by atoms with E-state index in [-0.39, 0.29) is 24.0 Å². The summed E-state index contributed by atoms with van der Waals surface area (Å²) < 4.78 is 26.9. The lowest BCUT2D eigenvalue weighted by Gasteiger charge is -2.40. The number of hydrogen-bond acceptors (Lipinski definition) is 5. The number of imide groups is 1. The molecule has 0 atom stereocenters. The fraction of sp³-hybridized carbons (Fsp3) is 0.600. The van der Waals surface area contributed by atoms with E-state index in [4.69, 9.17) is 0 Å². The zero-order valence-electron chi connectivity index (χ0n) is 20.4. The van der Waals surface area contributed by atoms with Gasteiger partial charge in [0.15, 0.2) is 0 Å². The fourth-order valence-corrected chi connectivity index (χ4v) is 6.43. The highest BCUT2D eigenvalue weighted by Gasteiger charge is 2.53. The number of benzene rings is 1. The zero-order chi connectivity index (χ0) is 24.6. The van der Waals surface area contributed by atoms with Crippen molar-refractivity contribution < 1.29 is 18.0 Å². The molecule has 2 aliphatic heterocycles. The Hall–Kier alpha value is -2.23. The molecular formula is C25H36N4O4S. The predicted octanol–water partition coefficient (Wildman–Crippen LogP) is 3.09. The van der Waals surface area contributed by atoms with E-state index in [2.05, 4.69) is 26.1 Å². The van der Waals surface area contributed by atoms with Crippen molar-refractivity contribution >= 4 is 28.0 Å². The minimum atomic E-state index is -3.53. The van der Waals surface area contributed by atoms with Crippen molar-refractivity contribution in [2.24, 2.45) is 11.3 Å². The Bertz CT molecular complexity index is 1030. The van der Waals surface area contributed by atoms with Gasteiger partial charge in [-0.1, -0.05) is 51.1 Å². The molecule has 1 aromatic rings. The first kappa shape index (κ1) is 24.9. The molecule has 1 aliphatic carbocycles. The van der Waals surface area contributed by atoms with Crippen LogP contribution >= 0.6 is 0 Å². The molecule has 0 bridgehead atoms. The van der Waals surface area contributed by atoms with Gasteiger partial charge >= 0.3 is 6.03 Å². The van der Waals surface area contributed by atoms with E-state index in [1.165, 1.54) is 14.6 Å². The Morgan fingerprint density at radius 1 is 1.03 bits per heavy atom. The van der Waals surface area contributed by atoms with Gasteiger partial charge in [0, 0.05) is 31.6 Å². The fourth-order valence-electron chi connectivity index (χ4n) is 5.26. The number of nitrogens with one attached hydrogen (secondary N) is 1. The standard InChI is InChI=1S/C25H36N4O4S/c1-24(2,3)21-9-12-25(13-10-21)22(30)29(23(31)26-25)19-27-14-16-28(17-15-27)34(32,33)18-11-20-7-5-4-6-8-20/h4-8,11,18,21H,9-10,12-17,19H2,1-3H3,(H,26,31)/b18-11+. The molecule has 4 rings (SSSR count). The summed E-state index contributed by atoms with van der Waals surface area (Å²) in [6, 6.07) is 8.98. The van der Waals surface area contributed by atoms with Crippen LogP contribution in [0.4, 0.5) is 4.79 Å². The summed E-state index contributed by atoms with van der Waals surface area (Å²) in [5.41, 5.74) is 0.254. The topological polar surface area (TPSA) is 90.0 Å². The minimum Gasteiger partial charge on any atom is -0.323 e. The average molecular weight is 489 g/mol. The second-order valence-corrected chi connectivity index (χ2v) is 12.6. The third-order valence-electron chi connectivity index (χ3n) is 7.57. The summed E-state index contributed by atoms with van der Waals surface area (Å²) in [5.74, 6) is 0.411. The first-order valence-electron chi connectivity index (χ1n) is 12.1. The summed E-state index contributed by atoms with van der Waals surface area (Å²) in [5, 5.41) is 4.23. The van der Waals surface area contributed by atoms with E-state index >= 15 is 0 Å². The molecule has 2 saturated heterocycles. The summed E-state index contributed by atoms with van der Waals surface area (Å²) >= 11 is 0. The molecule has 1 spiro atoms. The third-order valence-corrected chi connectivity index (χ3v) is 9.14. The van der Waals surface area contributed by atoms with Crippen molar-refractivity contribution in [2.45, 2.75) is 52.0 Å². The molecule has 3 amide bonds. The Morgan fingerprint density at radius 2 is 1.65 bits per heavy atom. The molecule has 0 unspecified atom stereocenters. The smallest absolute Gasteiger partial charge is 0.323 e. The van der Waals surface area contributed by atoms with E-state index < -0.39 is 15.6 Å². The first-order chi connectivity index (χ1) is 16.0. The monoisotopic (exact) mass is 488 g/mol. The van der Waals surface area contributed by atoms with Crippen molar-refractivity contribution in [1.29, 1.82) is 0 Å². The van der Waals surface area contributed by atoms with Crippen molar-refractivity contribution in [3.05, 3.63) is 41.3 Å². The van der Waals surface area contributed by atoms with Gasteiger partial charge < -0.3 is 5.32 Å². The van der Waals surface area contributed by atoms with Crippen molar-refractivity contribution in [2.75, 3.05) is 32.8 Å². The van der Waals surface area contributed by atoms with Crippen LogP contribution in [-0.2, 0) is 14.8 Å². The molecule has 9 heteroatoms. The second-order valence-electron chi connectivity index (χ2n) is 10.8.